The van der Waals surface area contributed by atoms with E-state index in [4.69, 9.17) is 11.6 Å². The van der Waals surface area contributed by atoms with E-state index in [0.29, 0.717) is 5.02 Å². The van der Waals surface area contributed by atoms with Crippen molar-refractivity contribution >= 4 is 34.9 Å². The third-order valence-electron chi connectivity index (χ3n) is 1.56. The van der Waals surface area contributed by atoms with Gasteiger partial charge in [0.05, 0.1) is 10.5 Å². The highest BCUT2D eigenvalue weighted by Crippen LogP contribution is 2.15. The van der Waals surface area contributed by atoms with E-state index in [9.17, 15) is 0 Å². The maximum Gasteiger partial charge on any atom is 0.0703 e. The van der Waals surface area contributed by atoms with Crippen molar-refractivity contribution in [3.63, 3.8) is 0 Å². The van der Waals surface area contributed by atoms with Crippen molar-refractivity contribution in [2.24, 2.45) is 0 Å². The summed E-state index contributed by atoms with van der Waals surface area (Å²) in [6, 6.07) is 9.80. The van der Waals surface area contributed by atoms with E-state index in [1.807, 2.05) is 30.3 Å². The molecule has 62 valence electrons. The van der Waals surface area contributed by atoms with Gasteiger partial charge < -0.3 is 0 Å². The molecule has 3 heteroatoms. The van der Waals surface area contributed by atoms with Gasteiger partial charge in [-0.15, -0.1) is 12.4 Å². The van der Waals surface area contributed by atoms with Crippen LogP contribution < -0.4 is 0 Å². The average Bonchev–Trinajstić information content (AvgIpc) is 2.04. The number of hydrogen-bond acceptors (Lipinski definition) is 1. The molecular weight excluding hydrogens is 193 g/mol. The lowest BCUT2D eigenvalue weighted by atomic mass is 10.2. The number of halogens is 2. The molecule has 0 aliphatic heterocycles. The lowest BCUT2D eigenvalue weighted by Crippen LogP contribution is -1.75. The number of rotatable bonds is 0. The van der Waals surface area contributed by atoms with E-state index in [1.165, 1.54) is 0 Å². The fourth-order valence-corrected chi connectivity index (χ4v) is 1.21. The van der Waals surface area contributed by atoms with Crippen LogP contribution in [0.5, 0.6) is 0 Å². The zero-order chi connectivity index (χ0) is 7.68. The van der Waals surface area contributed by atoms with Gasteiger partial charge in [-0.25, -0.2) is 0 Å². The highest BCUT2D eigenvalue weighted by Gasteiger charge is 1.92. The van der Waals surface area contributed by atoms with Gasteiger partial charge in [0.2, 0.25) is 0 Å². The van der Waals surface area contributed by atoms with Gasteiger partial charge in [0.1, 0.15) is 0 Å². The van der Waals surface area contributed by atoms with Crippen LogP contribution in [0.15, 0.2) is 36.5 Å². The maximum absolute atomic E-state index is 5.76. The molecule has 0 fully saturated rings. The third-order valence-corrected chi connectivity index (χ3v) is 1.76. The molecule has 0 bridgehead atoms. The largest absolute Gasteiger partial charge is 0.255 e. The molecular formula is C9H7Cl2N. The topological polar surface area (TPSA) is 12.9 Å². The summed E-state index contributed by atoms with van der Waals surface area (Å²) in [7, 11) is 0. The second-order valence-corrected chi connectivity index (χ2v) is 2.78. The van der Waals surface area contributed by atoms with Crippen LogP contribution in [-0.4, -0.2) is 4.98 Å². The Bertz CT molecular complexity index is 387. The smallest absolute Gasteiger partial charge is 0.0703 e. The molecule has 0 saturated carbocycles. The van der Waals surface area contributed by atoms with Crippen LogP contribution in [0.3, 0.4) is 0 Å². The number of fused-ring (bicyclic) bond motifs is 1. The van der Waals surface area contributed by atoms with Crippen molar-refractivity contribution in [1.29, 1.82) is 0 Å². The second kappa shape index (κ2) is 3.74. The number of benzene rings is 1. The van der Waals surface area contributed by atoms with Crippen LogP contribution in [0, 0.1) is 0 Å². The van der Waals surface area contributed by atoms with Gasteiger partial charge in [-0.2, -0.15) is 0 Å². The van der Waals surface area contributed by atoms with Crippen molar-refractivity contribution in [3.8, 4) is 0 Å². The number of para-hydroxylation sites is 1. The van der Waals surface area contributed by atoms with Crippen molar-refractivity contribution in [3.05, 3.63) is 41.6 Å². The molecule has 12 heavy (non-hydrogen) atoms. The molecule has 0 aliphatic rings. The minimum absolute atomic E-state index is 0. The average molecular weight is 200 g/mol. The fraction of sp³-hybridized carbons (Fsp3) is 0. The van der Waals surface area contributed by atoms with Crippen molar-refractivity contribution in [2.45, 2.75) is 0 Å². The molecule has 0 spiro atoms. The van der Waals surface area contributed by atoms with E-state index in [2.05, 4.69) is 4.98 Å². The third kappa shape index (κ3) is 1.68. The molecule has 1 nitrogen and oxygen atoms in total. The highest BCUT2D eigenvalue weighted by molar-refractivity contribution is 6.31. The van der Waals surface area contributed by atoms with Gasteiger partial charge in [-0.3, -0.25) is 4.98 Å². The molecule has 0 unspecified atom stereocenters. The molecule has 0 N–H and O–H groups in total. The molecule has 2 aromatic rings. The van der Waals surface area contributed by atoms with Gasteiger partial charge in [-0.05, 0) is 12.1 Å². The SMILES string of the molecule is Cl.Clc1cnc2ccccc2c1. The molecule has 1 aromatic carbocycles. The molecule has 0 aliphatic carbocycles. The van der Waals surface area contributed by atoms with Gasteiger partial charge in [0, 0.05) is 11.6 Å². The highest BCUT2D eigenvalue weighted by atomic mass is 35.5. The second-order valence-electron chi connectivity index (χ2n) is 2.35. The Morgan fingerprint density at radius 1 is 1.17 bits per heavy atom. The maximum atomic E-state index is 5.76. The summed E-state index contributed by atoms with van der Waals surface area (Å²) < 4.78 is 0. The summed E-state index contributed by atoms with van der Waals surface area (Å²) in [6.07, 6.45) is 1.66. The fourth-order valence-electron chi connectivity index (χ4n) is 1.04. The van der Waals surface area contributed by atoms with E-state index >= 15 is 0 Å². The molecule has 0 amide bonds. The van der Waals surface area contributed by atoms with E-state index in [0.717, 1.165) is 10.9 Å². The quantitative estimate of drug-likeness (QED) is 0.635. The minimum atomic E-state index is 0. The van der Waals surface area contributed by atoms with E-state index in [1.54, 1.807) is 6.20 Å². The first-order chi connectivity index (χ1) is 5.36. The molecule has 0 saturated heterocycles. The Morgan fingerprint density at radius 3 is 2.75 bits per heavy atom. The Balaban J connectivity index is 0.000000720. The van der Waals surface area contributed by atoms with Crippen LogP contribution in [0.1, 0.15) is 0 Å². The molecule has 1 heterocycles. The lowest BCUT2D eigenvalue weighted by Gasteiger charge is -1.94. The Labute approximate surface area is 81.8 Å². The van der Waals surface area contributed by atoms with Gasteiger partial charge in [0.25, 0.3) is 0 Å². The first-order valence-electron chi connectivity index (χ1n) is 3.36. The van der Waals surface area contributed by atoms with Crippen LogP contribution in [-0.2, 0) is 0 Å². The summed E-state index contributed by atoms with van der Waals surface area (Å²) >= 11 is 5.76. The van der Waals surface area contributed by atoms with Gasteiger partial charge >= 0.3 is 0 Å². The Hall–Kier alpha value is -0.790. The zero-order valence-corrected chi connectivity index (χ0v) is 7.77. The number of pyridine rings is 1. The zero-order valence-electron chi connectivity index (χ0n) is 6.20. The first kappa shape index (κ1) is 9.30. The van der Waals surface area contributed by atoms with Crippen molar-refractivity contribution in [2.75, 3.05) is 0 Å². The van der Waals surface area contributed by atoms with Gasteiger partial charge in [-0.1, -0.05) is 29.8 Å². The van der Waals surface area contributed by atoms with E-state index < -0.39 is 0 Å². The van der Waals surface area contributed by atoms with Crippen molar-refractivity contribution in [1.82, 2.24) is 4.98 Å². The number of aromatic nitrogens is 1. The summed E-state index contributed by atoms with van der Waals surface area (Å²) in [4.78, 5) is 4.15. The van der Waals surface area contributed by atoms with Crippen molar-refractivity contribution < 1.29 is 0 Å². The monoisotopic (exact) mass is 199 g/mol. The van der Waals surface area contributed by atoms with Gasteiger partial charge in [0.15, 0.2) is 0 Å². The van der Waals surface area contributed by atoms with Crippen LogP contribution in [0.4, 0.5) is 0 Å². The summed E-state index contributed by atoms with van der Waals surface area (Å²) in [5.41, 5.74) is 0.983. The summed E-state index contributed by atoms with van der Waals surface area (Å²) in [6.45, 7) is 0. The molecule has 2 rings (SSSR count). The standard InChI is InChI=1S/C9H6ClN.ClH/c10-8-5-7-3-1-2-4-9(7)11-6-8;/h1-6H;1H. The summed E-state index contributed by atoms with van der Waals surface area (Å²) in [5, 5.41) is 1.77. The Kier molecular flexibility index (Phi) is 2.90. The number of nitrogens with zero attached hydrogens (tertiary/aromatic N) is 1. The van der Waals surface area contributed by atoms with E-state index in [-0.39, 0.29) is 12.4 Å². The van der Waals surface area contributed by atoms with Crippen LogP contribution in [0.2, 0.25) is 5.02 Å². The molecule has 1 aromatic heterocycles. The normalized spacial score (nSPS) is 9.42. The predicted octanol–water partition coefficient (Wildman–Crippen LogP) is 3.31. The number of hydrogen-bond donors (Lipinski definition) is 0. The molecule has 0 atom stereocenters. The predicted molar refractivity (Wildman–Crippen MR) is 54.0 cm³/mol. The van der Waals surface area contributed by atoms with Crippen LogP contribution >= 0.6 is 24.0 Å². The molecule has 0 radical (unpaired) electrons. The lowest BCUT2D eigenvalue weighted by molar-refractivity contribution is 1.41. The summed E-state index contributed by atoms with van der Waals surface area (Å²) in [5.74, 6) is 0. The minimum Gasteiger partial charge on any atom is -0.255 e. The first-order valence-corrected chi connectivity index (χ1v) is 3.74. The van der Waals surface area contributed by atoms with Crippen LogP contribution in [0.25, 0.3) is 10.9 Å². The Morgan fingerprint density at radius 2 is 1.92 bits per heavy atom.